The molecule has 0 saturated carbocycles. The number of halogens is 2. The Kier molecular flexibility index (Phi) is 4.69. The van der Waals surface area contributed by atoms with Gasteiger partial charge in [0.15, 0.2) is 0 Å². The summed E-state index contributed by atoms with van der Waals surface area (Å²) in [5.41, 5.74) is 1.65. The minimum Gasteiger partial charge on any atom is -0.324 e. The summed E-state index contributed by atoms with van der Waals surface area (Å²) in [5, 5.41) is -0.192. The van der Waals surface area contributed by atoms with Crippen LogP contribution in [-0.2, 0) is 0 Å². The van der Waals surface area contributed by atoms with E-state index in [9.17, 15) is 4.39 Å². The standard InChI is InChI=1S/C16H22ClFN2/c1-5-12(6-2)11(4)20-15-8-7-13(18)9-14(15)19-16(20)10(3)17/h7-12H,5-6H2,1-4H3. The smallest absolute Gasteiger partial charge is 0.127 e. The van der Waals surface area contributed by atoms with Crippen LogP contribution in [0.5, 0.6) is 0 Å². The molecule has 0 N–H and O–H groups in total. The lowest BCUT2D eigenvalue weighted by atomic mass is 9.95. The first kappa shape index (κ1) is 15.3. The van der Waals surface area contributed by atoms with Gasteiger partial charge >= 0.3 is 0 Å². The zero-order chi connectivity index (χ0) is 14.9. The predicted molar refractivity (Wildman–Crippen MR) is 82.7 cm³/mol. The molecule has 2 unspecified atom stereocenters. The summed E-state index contributed by atoms with van der Waals surface area (Å²) in [4.78, 5) is 4.54. The summed E-state index contributed by atoms with van der Waals surface area (Å²) in [5.74, 6) is 1.13. The molecule has 0 saturated heterocycles. The van der Waals surface area contributed by atoms with Crippen molar-refractivity contribution in [2.45, 2.75) is 52.0 Å². The molecule has 4 heteroatoms. The van der Waals surface area contributed by atoms with E-state index in [1.54, 1.807) is 6.07 Å². The number of benzene rings is 1. The van der Waals surface area contributed by atoms with Gasteiger partial charge < -0.3 is 4.57 Å². The zero-order valence-electron chi connectivity index (χ0n) is 12.5. The summed E-state index contributed by atoms with van der Waals surface area (Å²) in [6.45, 7) is 8.51. The lowest BCUT2D eigenvalue weighted by molar-refractivity contribution is 0.332. The van der Waals surface area contributed by atoms with Crippen molar-refractivity contribution in [1.82, 2.24) is 9.55 Å². The molecule has 0 fully saturated rings. The van der Waals surface area contributed by atoms with Crippen molar-refractivity contribution in [3.05, 3.63) is 29.8 Å². The fourth-order valence-corrected chi connectivity index (χ4v) is 3.13. The van der Waals surface area contributed by atoms with Crippen LogP contribution >= 0.6 is 11.6 Å². The van der Waals surface area contributed by atoms with Crippen molar-refractivity contribution < 1.29 is 4.39 Å². The minimum atomic E-state index is -0.258. The second-order valence-corrected chi connectivity index (χ2v) is 6.06. The Labute approximate surface area is 125 Å². The van der Waals surface area contributed by atoms with Crippen molar-refractivity contribution in [1.29, 1.82) is 0 Å². The quantitative estimate of drug-likeness (QED) is 0.669. The summed E-state index contributed by atoms with van der Waals surface area (Å²) < 4.78 is 15.6. The van der Waals surface area contributed by atoms with E-state index in [-0.39, 0.29) is 11.2 Å². The van der Waals surface area contributed by atoms with E-state index in [1.165, 1.54) is 12.1 Å². The first-order chi connectivity index (χ1) is 9.49. The van der Waals surface area contributed by atoms with Gasteiger partial charge in [-0.15, -0.1) is 11.6 Å². The average molecular weight is 297 g/mol. The molecule has 2 atom stereocenters. The van der Waals surface area contributed by atoms with Crippen LogP contribution < -0.4 is 0 Å². The Morgan fingerprint density at radius 1 is 1.25 bits per heavy atom. The molecule has 2 rings (SSSR count). The number of rotatable bonds is 5. The largest absolute Gasteiger partial charge is 0.324 e. The SMILES string of the molecule is CCC(CC)C(C)n1c(C(C)Cl)nc2cc(F)ccc21. The fourth-order valence-electron chi connectivity index (χ4n) is 2.98. The van der Waals surface area contributed by atoms with Crippen LogP contribution in [0.3, 0.4) is 0 Å². The Balaban J connectivity index is 2.62. The van der Waals surface area contributed by atoms with Crippen LogP contribution in [0.4, 0.5) is 4.39 Å². The molecule has 2 nitrogen and oxygen atoms in total. The molecule has 110 valence electrons. The van der Waals surface area contributed by atoms with Gasteiger partial charge in [0.1, 0.15) is 11.6 Å². The van der Waals surface area contributed by atoms with Gasteiger partial charge in [-0.3, -0.25) is 0 Å². The molecular formula is C16H22ClFN2. The second-order valence-electron chi connectivity index (χ2n) is 5.41. The molecule has 20 heavy (non-hydrogen) atoms. The van der Waals surface area contributed by atoms with Gasteiger partial charge in [-0.1, -0.05) is 26.7 Å². The average Bonchev–Trinajstić information content (AvgIpc) is 2.78. The number of hydrogen-bond donors (Lipinski definition) is 0. The second kappa shape index (κ2) is 6.13. The molecule has 0 aliphatic carbocycles. The third-order valence-corrected chi connectivity index (χ3v) is 4.37. The maximum absolute atomic E-state index is 13.4. The number of hydrogen-bond acceptors (Lipinski definition) is 1. The van der Waals surface area contributed by atoms with E-state index in [0.29, 0.717) is 17.5 Å². The van der Waals surface area contributed by atoms with Crippen LogP contribution in [0.1, 0.15) is 57.8 Å². The molecule has 0 spiro atoms. The Morgan fingerprint density at radius 3 is 2.45 bits per heavy atom. The maximum Gasteiger partial charge on any atom is 0.127 e. The first-order valence-electron chi connectivity index (χ1n) is 7.31. The fraction of sp³-hybridized carbons (Fsp3) is 0.562. The molecule has 1 heterocycles. The Bertz CT molecular complexity index is 587. The topological polar surface area (TPSA) is 17.8 Å². The molecule has 0 aliphatic heterocycles. The lowest BCUT2D eigenvalue weighted by Crippen LogP contribution is -2.18. The van der Waals surface area contributed by atoms with E-state index < -0.39 is 0 Å². The maximum atomic E-state index is 13.4. The normalized spacial score (nSPS) is 14.9. The van der Waals surface area contributed by atoms with Gasteiger partial charge in [-0.2, -0.15) is 0 Å². The summed E-state index contributed by atoms with van der Waals surface area (Å²) >= 11 is 6.28. The van der Waals surface area contributed by atoms with E-state index in [2.05, 4.69) is 30.3 Å². The molecule has 1 aromatic carbocycles. The number of aromatic nitrogens is 2. The van der Waals surface area contributed by atoms with Crippen LogP contribution in [0.2, 0.25) is 0 Å². The van der Waals surface area contributed by atoms with Crippen molar-refractivity contribution in [2.24, 2.45) is 5.92 Å². The van der Waals surface area contributed by atoms with Crippen molar-refractivity contribution >= 4 is 22.6 Å². The van der Waals surface area contributed by atoms with E-state index in [1.807, 2.05) is 6.92 Å². The summed E-state index contributed by atoms with van der Waals surface area (Å²) in [6, 6.07) is 5.08. The highest BCUT2D eigenvalue weighted by atomic mass is 35.5. The van der Waals surface area contributed by atoms with Crippen LogP contribution in [0.25, 0.3) is 11.0 Å². The van der Waals surface area contributed by atoms with E-state index in [0.717, 1.165) is 24.2 Å². The van der Waals surface area contributed by atoms with Crippen LogP contribution in [0.15, 0.2) is 18.2 Å². The predicted octanol–water partition coefficient (Wildman–Crippen LogP) is 5.47. The highest BCUT2D eigenvalue weighted by molar-refractivity contribution is 6.20. The monoisotopic (exact) mass is 296 g/mol. The van der Waals surface area contributed by atoms with E-state index in [4.69, 9.17) is 11.6 Å². The minimum absolute atomic E-state index is 0.192. The van der Waals surface area contributed by atoms with E-state index >= 15 is 0 Å². The van der Waals surface area contributed by atoms with Gasteiger partial charge in [-0.05, 0) is 31.9 Å². The molecular weight excluding hydrogens is 275 g/mol. The molecule has 2 aromatic rings. The third kappa shape index (κ3) is 2.69. The summed E-state index contributed by atoms with van der Waals surface area (Å²) in [7, 11) is 0. The Hall–Kier alpha value is -1.09. The highest BCUT2D eigenvalue weighted by Gasteiger charge is 2.23. The van der Waals surface area contributed by atoms with Crippen molar-refractivity contribution in [3.63, 3.8) is 0 Å². The Morgan fingerprint density at radius 2 is 1.90 bits per heavy atom. The lowest BCUT2D eigenvalue weighted by Gasteiger charge is -2.26. The number of alkyl halides is 1. The van der Waals surface area contributed by atoms with Crippen LogP contribution in [0, 0.1) is 11.7 Å². The molecule has 0 radical (unpaired) electrons. The number of fused-ring (bicyclic) bond motifs is 1. The van der Waals surface area contributed by atoms with Crippen molar-refractivity contribution in [2.75, 3.05) is 0 Å². The number of imidazole rings is 1. The highest BCUT2D eigenvalue weighted by Crippen LogP contribution is 2.33. The van der Waals surface area contributed by atoms with Gasteiger partial charge in [-0.25, -0.2) is 9.37 Å². The molecule has 0 bridgehead atoms. The molecule has 0 amide bonds. The number of nitrogens with zero attached hydrogens (tertiary/aromatic N) is 2. The zero-order valence-corrected chi connectivity index (χ0v) is 13.3. The third-order valence-electron chi connectivity index (χ3n) is 4.17. The van der Waals surface area contributed by atoms with Crippen molar-refractivity contribution in [3.8, 4) is 0 Å². The van der Waals surface area contributed by atoms with Gasteiger partial charge in [0, 0.05) is 12.1 Å². The molecule has 0 aliphatic rings. The first-order valence-corrected chi connectivity index (χ1v) is 7.74. The van der Waals surface area contributed by atoms with Gasteiger partial charge in [0.05, 0.1) is 16.4 Å². The van der Waals surface area contributed by atoms with Gasteiger partial charge in [0.2, 0.25) is 0 Å². The molecule has 1 aromatic heterocycles. The van der Waals surface area contributed by atoms with Crippen LogP contribution in [-0.4, -0.2) is 9.55 Å². The summed E-state index contributed by atoms with van der Waals surface area (Å²) in [6.07, 6.45) is 2.21. The van der Waals surface area contributed by atoms with Gasteiger partial charge in [0.25, 0.3) is 0 Å².